The van der Waals surface area contributed by atoms with Gasteiger partial charge >= 0.3 is 5.97 Å². The number of nitrogens with two attached hydrogens (primary N) is 1. The molecule has 19 heavy (non-hydrogen) atoms. The van der Waals surface area contributed by atoms with Crippen molar-refractivity contribution in [3.63, 3.8) is 0 Å². The summed E-state index contributed by atoms with van der Waals surface area (Å²) in [5.74, 6) is -0.653. The second kappa shape index (κ2) is 7.55. The molecule has 0 spiro atoms. The van der Waals surface area contributed by atoms with Crippen molar-refractivity contribution in [3.8, 4) is 0 Å². The van der Waals surface area contributed by atoms with Gasteiger partial charge in [0.2, 0.25) is 0 Å². The Hall–Kier alpha value is -1.86. The number of hydrogen-bond acceptors (Lipinski definition) is 6. The van der Waals surface area contributed by atoms with E-state index < -0.39 is 5.97 Å². The molecule has 0 aliphatic heterocycles. The number of nitrogens with zero attached hydrogens (tertiary/aromatic N) is 2. The number of aromatic carboxylic acids is 1. The van der Waals surface area contributed by atoms with Crippen molar-refractivity contribution in [3.05, 3.63) is 17.8 Å². The fourth-order valence-electron chi connectivity index (χ4n) is 1.52. The van der Waals surface area contributed by atoms with E-state index in [-0.39, 0.29) is 11.3 Å². The van der Waals surface area contributed by atoms with Crippen LogP contribution in [0.1, 0.15) is 10.4 Å². The van der Waals surface area contributed by atoms with E-state index in [9.17, 15) is 4.79 Å². The van der Waals surface area contributed by atoms with Crippen LogP contribution in [-0.4, -0.2) is 61.4 Å². The predicted octanol–water partition coefficient (Wildman–Crippen LogP) is 0.352. The van der Waals surface area contributed by atoms with Crippen molar-refractivity contribution < 1.29 is 14.6 Å². The summed E-state index contributed by atoms with van der Waals surface area (Å²) in [5, 5.41) is 12.0. The zero-order chi connectivity index (χ0) is 14.3. The Labute approximate surface area is 112 Å². The molecule has 0 aliphatic carbocycles. The average Bonchev–Trinajstić information content (AvgIpc) is 2.38. The van der Waals surface area contributed by atoms with Gasteiger partial charge in [0.25, 0.3) is 0 Å². The van der Waals surface area contributed by atoms with Crippen LogP contribution in [0, 0.1) is 0 Å². The summed E-state index contributed by atoms with van der Waals surface area (Å²) in [4.78, 5) is 17.0. The molecule has 0 saturated heterocycles. The Morgan fingerprint density at radius 3 is 2.95 bits per heavy atom. The molecule has 1 aromatic heterocycles. The summed E-state index contributed by atoms with van der Waals surface area (Å²) < 4.78 is 4.98. The molecule has 0 atom stereocenters. The second-order valence-electron chi connectivity index (χ2n) is 4.15. The SMILES string of the molecule is COCCN(C)CCNc1nccc(C(=O)O)c1N. The smallest absolute Gasteiger partial charge is 0.337 e. The summed E-state index contributed by atoms with van der Waals surface area (Å²) in [6.07, 6.45) is 1.43. The number of carbonyl (C=O) groups is 1. The Morgan fingerprint density at radius 2 is 2.32 bits per heavy atom. The largest absolute Gasteiger partial charge is 0.478 e. The van der Waals surface area contributed by atoms with Crippen LogP contribution < -0.4 is 11.1 Å². The topological polar surface area (TPSA) is 101 Å². The number of aromatic nitrogens is 1. The van der Waals surface area contributed by atoms with Crippen LogP contribution in [0.3, 0.4) is 0 Å². The van der Waals surface area contributed by atoms with E-state index in [1.54, 1.807) is 7.11 Å². The number of hydrogen-bond donors (Lipinski definition) is 3. The third-order valence-electron chi connectivity index (χ3n) is 2.68. The zero-order valence-corrected chi connectivity index (χ0v) is 11.2. The molecule has 7 heteroatoms. The molecule has 0 amide bonds. The highest BCUT2D eigenvalue weighted by Crippen LogP contribution is 2.19. The molecule has 0 radical (unpaired) electrons. The molecule has 0 fully saturated rings. The van der Waals surface area contributed by atoms with E-state index in [4.69, 9.17) is 15.6 Å². The van der Waals surface area contributed by atoms with Gasteiger partial charge in [-0.25, -0.2) is 9.78 Å². The minimum Gasteiger partial charge on any atom is -0.478 e. The number of anilines is 2. The van der Waals surface area contributed by atoms with Gasteiger partial charge in [0, 0.05) is 32.9 Å². The quantitative estimate of drug-likeness (QED) is 0.625. The Kier molecular flexibility index (Phi) is 6.04. The molecule has 106 valence electrons. The number of carboxylic acid groups (broad SMARTS) is 1. The predicted molar refractivity (Wildman–Crippen MR) is 73.5 cm³/mol. The lowest BCUT2D eigenvalue weighted by atomic mass is 10.2. The Bertz CT molecular complexity index is 425. The van der Waals surface area contributed by atoms with Crippen molar-refractivity contribution in [2.24, 2.45) is 0 Å². The highest BCUT2D eigenvalue weighted by atomic mass is 16.5. The molecular formula is C12H20N4O3. The zero-order valence-electron chi connectivity index (χ0n) is 11.2. The number of carboxylic acids is 1. The first-order chi connectivity index (χ1) is 9.06. The molecule has 0 aliphatic rings. The van der Waals surface area contributed by atoms with E-state index in [2.05, 4.69) is 15.2 Å². The summed E-state index contributed by atoms with van der Waals surface area (Å²) in [5.41, 5.74) is 5.96. The number of pyridine rings is 1. The molecule has 1 aromatic rings. The summed E-state index contributed by atoms with van der Waals surface area (Å²) in [7, 11) is 3.64. The minimum atomic E-state index is -1.06. The summed E-state index contributed by atoms with van der Waals surface area (Å²) in [6, 6.07) is 1.38. The van der Waals surface area contributed by atoms with Gasteiger partial charge in [-0.2, -0.15) is 0 Å². The number of ether oxygens (including phenoxy) is 1. The first-order valence-corrected chi connectivity index (χ1v) is 5.95. The molecule has 0 unspecified atom stereocenters. The lowest BCUT2D eigenvalue weighted by Crippen LogP contribution is -2.28. The summed E-state index contributed by atoms with van der Waals surface area (Å²) in [6.45, 7) is 2.91. The van der Waals surface area contributed by atoms with E-state index >= 15 is 0 Å². The number of likely N-dealkylation sites (N-methyl/N-ethyl adjacent to an activating group) is 1. The maximum absolute atomic E-state index is 10.9. The molecular weight excluding hydrogens is 248 g/mol. The standard InChI is InChI=1S/C12H20N4O3/c1-16(7-8-19-2)6-5-15-11-10(13)9(12(17)18)3-4-14-11/h3-4H,5-8,13H2,1-2H3,(H,14,15)(H,17,18). The average molecular weight is 268 g/mol. The highest BCUT2D eigenvalue weighted by Gasteiger charge is 2.11. The molecule has 0 aromatic carbocycles. The van der Waals surface area contributed by atoms with Crippen LogP contribution in [-0.2, 0) is 4.74 Å². The third kappa shape index (κ3) is 4.72. The molecule has 1 heterocycles. The molecule has 0 bridgehead atoms. The summed E-state index contributed by atoms with van der Waals surface area (Å²) >= 11 is 0. The molecule has 0 saturated carbocycles. The maximum atomic E-state index is 10.9. The molecule has 1 rings (SSSR count). The van der Waals surface area contributed by atoms with Gasteiger partial charge in [-0.05, 0) is 13.1 Å². The molecule has 4 N–H and O–H groups in total. The van der Waals surface area contributed by atoms with Crippen LogP contribution in [0.4, 0.5) is 11.5 Å². The fraction of sp³-hybridized carbons (Fsp3) is 0.500. The van der Waals surface area contributed by atoms with Gasteiger partial charge in [0.15, 0.2) is 0 Å². The first-order valence-electron chi connectivity index (χ1n) is 5.95. The van der Waals surface area contributed by atoms with Crippen molar-refractivity contribution in [1.82, 2.24) is 9.88 Å². The van der Waals surface area contributed by atoms with Crippen LogP contribution >= 0.6 is 0 Å². The Balaban J connectivity index is 2.50. The maximum Gasteiger partial charge on any atom is 0.337 e. The van der Waals surface area contributed by atoms with Crippen LogP contribution in [0.5, 0.6) is 0 Å². The second-order valence-corrected chi connectivity index (χ2v) is 4.15. The van der Waals surface area contributed by atoms with Crippen LogP contribution in [0.15, 0.2) is 12.3 Å². The van der Waals surface area contributed by atoms with Gasteiger partial charge in [0.1, 0.15) is 5.82 Å². The lowest BCUT2D eigenvalue weighted by molar-refractivity contribution is 0.0698. The van der Waals surface area contributed by atoms with Crippen molar-refractivity contribution in [1.29, 1.82) is 0 Å². The van der Waals surface area contributed by atoms with Crippen molar-refractivity contribution >= 4 is 17.5 Å². The van der Waals surface area contributed by atoms with Gasteiger partial charge in [-0.3, -0.25) is 0 Å². The van der Waals surface area contributed by atoms with Gasteiger partial charge in [-0.1, -0.05) is 0 Å². The first kappa shape index (κ1) is 15.2. The lowest BCUT2D eigenvalue weighted by Gasteiger charge is -2.17. The number of nitrogens with one attached hydrogen (secondary N) is 1. The minimum absolute atomic E-state index is 0.0604. The normalized spacial score (nSPS) is 10.7. The Morgan fingerprint density at radius 1 is 1.58 bits per heavy atom. The van der Waals surface area contributed by atoms with Gasteiger partial charge < -0.3 is 25.8 Å². The fourth-order valence-corrected chi connectivity index (χ4v) is 1.52. The number of rotatable bonds is 8. The van der Waals surface area contributed by atoms with Crippen LogP contribution in [0.25, 0.3) is 0 Å². The van der Waals surface area contributed by atoms with E-state index in [1.807, 2.05) is 7.05 Å². The molecule has 7 nitrogen and oxygen atoms in total. The van der Waals surface area contributed by atoms with E-state index in [0.29, 0.717) is 19.0 Å². The van der Waals surface area contributed by atoms with Crippen LogP contribution in [0.2, 0.25) is 0 Å². The van der Waals surface area contributed by atoms with Crippen molar-refractivity contribution in [2.45, 2.75) is 0 Å². The number of methoxy groups -OCH3 is 1. The van der Waals surface area contributed by atoms with Gasteiger partial charge in [0.05, 0.1) is 17.9 Å². The van der Waals surface area contributed by atoms with Crippen molar-refractivity contribution in [2.75, 3.05) is 51.4 Å². The van der Waals surface area contributed by atoms with E-state index in [1.165, 1.54) is 12.3 Å². The van der Waals surface area contributed by atoms with Gasteiger partial charge in [-0.15, -0.1) is 0 Å². The number of nitrogen functional groups attached to an aromatic ring is 1. The van der Waals surface area contributed by atoms with E-state index in [0.717, 1.165) is 13.1 Å². The monoisotopic (exact) mass is 268 g/mol. The highest BCUT2D eigenvalue weighted by molar-refractivity contribution is 5.96. The third-order valence-corrected chi connectivity index (χ3v) is 2.68.